The fraction of sp³-hybridized carbons (Fsp3) is 0.0370. The lowest BCUT2D eigenvalue weighted by molar-refractivity contribution is 0.100. The van der Waals surface area contributed by atoms with Crippen molar-refractivity contribution >= 4 is 43.1 Å². The maximum atomic E-state index is 13.4. The Morgan fingerprint density at radius 1 is 0.645 bits per heavy atom. The molecule has 1 heterocycles. The van der Waals surface area contributed by atoms with Gasteiger partial charge in [-0.2, -0.15) is 0 Å². The van der Waals surface area contributed by atoms with Crippen molar-refractivity contribution in [3.63, 3.8) is 0 Å². The molecule has 0 N–H and O–H groups in total. The number of hydrogen-bond donors (Lipinski definition) is 0. The lowest BCUT2D eigenvalue weighted by Gasteiger charge is -2.09. The smallest absolute Gasteiger partial charge is 0.193 e. The van der Waals surface area contributed by atoms with E-state index in [9.17, 15) is 9.59 Å². The molecule has 0 saturated carbocycles. The summed E-state index contributed by atoms with van der Waals surface area (Å²) in [6.07, 6.45) is 0. The molecule has 1 aromatic heterocycles. The molecule has 0 spiro atoms. The van der Waals surface area contributed by atoms with Crippen LogP contribution in [0.1, 0.15) is 31.8 Å². The van der Waals surface area contributed by atoms with Crippen molar-refractivity contribution in [3.8, 4) is 5.75 Å². The molecular formula is C27H18O3S. The molecule has 4 aromatic carbocycles. The van der Waals surface area contributed by atoms with Gasteiger partial charge in [0, 0.05) is 42.4 Å². The molecule has 0 aliphatic heterocycles. The number of carbonyl (C=O) groups is 2. The van der Waals surface area contributed by atoms with Crippen molar-refractivity contribution in [2.24, 2.45) is 0 Å². The molecule has 0 fully saturated rings. The molecule has 0 amide bonds. The third-order valence-corrected chi connectivity index (χ3v) is 6.56. The molecule has 0 saturated heterocycles. The van der Waals surface area contributed by atoms with Crippen LogP contribution in [0.5, 0.6) is 5.75 Å². The maximum absolute atomic E-state index is 13.4. The average molecular weight is 423 g/mol. The highest BCUT2D eigenvalue weighted by Gasteiger charge is 2.20. The summed E-state index contributed by atoms with van der Waals surface area (Å²) < 4.78 is 7.50. The zero-order valence-corrected chi connectivity index (χ0v) is 17.6. The van der Waals surface area contributed by atoms with E-state index in [1.807, 2.05) is 30.3 Å². The number of thiophene rings is 1. The van der Waals surface area contributed by atoms with E-state index in [0.717, 1.165) is 15.5 Å². The van der Waals surface area contributed by atoms with E-state index in [0.29, 0.717) is 28.0 Å². The van der Waals surface area contributed by atoms with E-state index in [2.05, 4.69) is 12.1 Å². The lowest BCUT2D eigenvalue weighted by Crippen LogP contribution is -2.11. The van der Waals surface area contributed by atoms with E-state index >= 15 is 0 Å². The fourth-order valence-corrected chi connectivity index (χ4v) is 4.89. The molecule has 150 valence electrons. The van der Waals surface area contributed by atoms with E-state index < -0.39 is 0 Å². The lowest BCUT2D eigenvalue weighted by atomic mass is 9.93. The van der Waals surface area contributed by atoms with Crippen LogP contribution in [0.3, 0.4) is 0 Å². The van der Waals surface area contributed by atoms with E-state index in [1.165, 1.54) is 4.70 Å². The second-order valence-electron chi connectivity index (χ2n) is 7.24. The van der Waals surface area contributed by atoms with Crippen molar-refractivity contribution in [3.05, 3.63) is 113 Å². The highest BCUT2D eigenvalue weighted by Crippen LogP contribution is 2.34. The van der Waals surface area contributed by atoms with Gasteiger partial charge in [0.25, 0.3) is 0 Å². The normalized spacial score (nSPS) is 11.0. The van der Waals surface area contributed by atoms with Crippen LogP contribution in [-0.2, 0) is 0 Å². The highest BCUT2D eigenvalue weighted by molar-refractivity contribution is 7.25. The van der Waals surface area contributed by atoms with Gasteiger partial charge in [-0.25, -0.2) is 0 Å². The molecule has 4 heteroatoms. The predicted octanol–water partition coefficient (Wildman–Crippen LogP) is 6.53. The number of benzene rings is 4. The number of ether oxygens (including phenoxy) is 1. The number of methoxy groups -OCH3 is 1. The molecule has 0 radical (unpaired) electrons. The molecule has 0 aliphatic rings. The first-order valence-electron chi connectivity index (χ1n) is 9.89. The van der Waals surface area contributed by atoms with Gasteiger partial charge in [0.2, 0.25) is 0 Å². The minimum absolute atomic E-state index is 0.158. The quantitative estimate of drug-likeness (QED) is 0.303. The standard InChI is InChI=1S/C27H18O3S/c1-30-19-13-10-17(11-14-19)26(28)21-7-2-3-8-22(21)27(29)18-12-15-25-23(16-18)20-6-4-5-9-24(20)31-25/h2-16H,1H3. The molecule has 3 nitrogen and oxygen atoms in total. The molecule has 31 heavy (non-hydrogen) atoms. The Kier molecular flexibility index (Phi) is 4.85. The summed E-state index contributed by atoms with van der Waals surface area (Å²) in [5.41, 5.74) is 1.89. The average Bonchev–Trinajstić information content (AvgIpc) is 3.21. The first-order chi connectivity index (χ1) is 15.2. The topological polar surface area (TPSA) is 43.4 Å². The number of rotatable bonds is 5. The van der Waals surface area contributed by atoms with Crippen molar-refractivity contribution in [1.82, 2.24) is 0 Å². The summed E-state index contributed by atoms with van der Waals surface area (Å²) in [5.74, 6) is 0.334. The van der Waals surface area contributed by atoms with Crippen molar-refractivity contribution in [2.45, 2.75) is 0 Å². The molecule has 5 aromatic rings. The molecule has 0 bridgehead atoms. The van der Waals surface area contributed by atoms with Gasteiger partial charge in [-0.3, -0.25) is 9.59 Å². The summed E-state index contributed by atoms with van der Waals surface area (Å²) in [6, 6.07) is 27.9. The summed E-state index contributed by atoms with van der Waals surface area (Å²) >= 11 is 1.71. The zero-order chi connectivity index (χ0) is 21.4. The van der Waals surface area contributed by atoms with Crippen LogP contribution in [0.25, 0.3) is 20.2 Å². The van der Waals surface area contributed by atoms with Crippen LogP contribution < -0.4 is 4.74 Å². The molecule has 0 atom stereocenters. The number of hydrogen-bond acceptors (Lipinski definition) is 4. The number of fused-ring (bicyclic) bond motifs is 3. The summed E-state index contributed by atoms with van der Waals surface area (Å²) in [5, 5.41) is 2.20. The van der Waals surface area contributed by atoms with Gasteiger partial charge in [0.1, 0.15) is 5.75 Å². The van der Waals surface area contributed by atoms with E-state index in [4.69, 9.17) is 4.74 Å². The third-order valence-electron chi connectivity index (χ3n) is 5.41. The van der Waals surface area contributed by atoms with Gasteiger partial charge >= 0.3 is 0 Å². The van der Waals surface area contributed by atoms with Crippen LogP contribution in [0.4, 0.5) is 0 Å². The number of carbonyl (C=O) groups excluding carboxylic acids is 2. The minimum atomic E-state index is -0.186. The van der Waals surface area contributed by atoms with Crippen LogP contribution in [-0.4, -0.2) is 18.7 Å². The van der Waals surface area contributed by atoms with E-state index in [-0.39, 0.29) is 11.6 Å². The first-order valence-corrected chi connectivity index (χ1v) is 10.7. The fourth-order valence-electron chi connectivity index (χ4n) is 3.80. The Labute approximate surface area is 183 Å². The molecule has 5 rings (SSSR count). The zero-order valence-electron chi connectivity index (χ0n) is 16.8. The van der Waals surface area contributed by atoms with Gasteiger partial charge in [0.15, 0.2) is 11.6 Å². The van der Waals surface area contributed by atoms with Gasteiger partial charge in [0.05, 0.1) is 7.11 Å². The van der Waals surface area contributed by atoms with Crippen LogP contribution >= 0.6 is 11.3 Å². The SMILES string of the molecule is COc1ccc(C(=O)c2ccccc2C(=O)c2ccc3sc4ccccc4c3c2)cc1. The Hall–Kier alpha value is -3.76. The van der Waals surface area contributed by atoms with E-state index in [1.54, 1.807) is 67.0 Å². The maximum Gasteiger partial charge on any atom is 0.193 e. The molecule has 0 unspecified atom stereocenters. The van der Waals surface area contributed by atoms with Crippen LogP contribution in [0.2, 0.25) is 0 Å². The largest absolute Gasteiger partial charge is 0.497 e. The number of ketones is 2. The van der Waals surface area contributed by atoms with Crippen molar-refractivity contribution < 1.29 is 14.3 Å². The summed E-state index contributed by atoms with van der Waals surface area (Å²) in [6.45, 7) is 0. The summed E-state index contributed by atoms with van der Waals surface area (Å²) in [4.78, 5) is 26.6. The van der Waals surface area contributed by atoms with Gasteiger partial charge in [-0.05, 0) is 48.5 Å². The minimum Gasteiger partial charge on any atom is -0.497 e. The second-order valence-corrected chi connectivity index (χ2v) is 8.33. The van der Waals surface area contributed by atoms with Crippen LogP contribution in [0.15, 0.2) is 91.0 Å². The van der Waals surface area contributed by atoms with Crippen LogP contribution in [0, 0.1) is 0 Å². The van der Waals surface area contributed by atoms with Gasteiger partial charge in [-0.15, -0.1) is 11.3 Å². The second kappa shape index (κ2) is 7.82. The Morgan fingerprint density at radius 2 is 1.23 bits per heavy atom. The van der Waals surface area contributed by atoms with Gasteiger partial charge < -0.3 is 4.74 Å². The predicted molar refractivity (Wildman–Crippen MR) is 126 cm³/mol. The Morgan fingerprint density at radius 3 is 1.94 bits per heavy atom. The third kappa shape index (κ3) is 3.41. The van der Waals surface area contributed by atoms with Crippen molar-refractivity contribution in [2.75, 3.05) is 7.11 Å². The first kappa shape index (κ1) is 19.2. The molecular weight excluding hydrogens is 404 g/mol. The van der Waals surface area contributed by atoms with Crippen molar-refractivity contribution in [1.29, 1.82) is 0 Å². The Bertz CT molecular complexity index is 1440. The monoisotopic (exact) mass is 422 g/mol. The van der Waals surface area contributed by atoms with Gasteiger partial charge in [-0.1, -0.05) is 42.5 Å². The Balaban J connectivity index is 1.57. The highest BCUT2D eigenvalue weighted by atomic mass is 32.1. The summed E-state index contributed by atoms with van der Waals surface area (Å²) in [7, 11) is 1.58. The molecule has 0 aliphatic carbocycles.